The third kappa shape index (κ3) is 6.07. The standard InChI is InChI=1S/C20H26N2O2.ClH/c1-20(2,3)18(21)19(23)22-13-14-24-17-12-8-7-11-16(17)15-9-5-4-6-10-15;/h4-12,18H,13-14,21H2,1-3H3,(H,22,23);1H/t18-;/m1./s1. The van der Waals surface area contributed by atoms with Crippen LogP contribution >= 0.6 is 12.4 Å². The molecule has 0 aliphatic heterocycles. The Morgan fingerprint density at radius 2 is 1.68 bits per heavy atom. The van der Waals surface area contributed by atoms with E-state index in [2.05, 4.69) is 5.32 Å². The Labute approximate surface area is 156 Å². The van der Waals surface area contributed by atoms with E-state index < -0.39 is 6.04 Å². The molecule has 5 heteroatoms. The molecule has 1 amide bonds. The van der Waals surface area contributed by atoms with Gasteiger partial charge in [0.2, 0.25) is 5.91 Å². The first-order chi connectivity index (χ1) is 11.4. The van der Waals surface area contributed by atoms with Gasteiger partial charge in [-0.05, 0) is 17.0 Å². The zero-order valence-corrected chi connectivity index (χ0v) is 15.8. The Balaban J connectivity index is 0.00000312. The number of benzene rings is 2. The third-order valence-corrected chi connectivity index (χ3v) is 3.85. The summed E-state index contributed by atoms with van der Waals surface area (Å²) in [7, 11) is 0. The zero-order chi connectivity index (χ0) is 17.6. The average molecular weight is 363 g/mol. The van der Waals surface area contributed by atoms with Crippen molar-refractivity contribution in [1.82, 2.24) is 5.32 Å². The molecule has 2 aromatic rings. The molecule has 0 unspecified atom stereocenters. The van der Waals surface area contributed by atoms with E-state index in [-0.39, 0.29) is 23.7 Å². The van der Waals surface area contributed by atoms with E-state index in [0.29, 0.717) is 13.2 Å². The smallest absolute Gasteiger partial charge is 0.237 e. The van der Waals surface area contributed by atoms with Crippen molar-refractivity contribution in [3.05, 3.63) is 54.6 Å². The molecule has 136 valence electrons. The predicted molar refractivity (Wildman–Crippen MR) is 105 cm³/mol. The van der Waals surface area contributed by atoms with Crippen LogP contribution < -0.4 is 15.8 Å². The SMILES string of the molecule is CC(C)(C)[C@H](N)C(=O)NCCOc1ccccc1-c1ccccc1.Cl. The summed E-state index contributed by atoms with van der Waals surface area (Å²) in [4.78, 5) is 12.0. The third-order valence-electron chi connectivity index (χ3n) is 3.85. The van der Waals surface area contributed by atoms with Gasteiger partial charge in [-0.15, -0.1) is 12.4 Å². The van der Waals surface area contributed by atoms with Gasteiger partial charge < -0.3 is 15.8 Å². The summed E-state index contributed by atoms with van der Waals surface area (Å²) in [6.07, 6.45) is 0. The number of halogens is 1. The summed E-state index contributed by atoms with van der Waals surface area (Å²) in [5.74, 6) is 0.653. The highest BCUT2D eigenvalue weighted by Crippen LogP contribution is 2.29. The van der Waals surface area contributed by atoms with Crippen LogP contribution in [0.4, 0.5) is 0 Å². The molecule has 0 bridgehead atoms. The second-order valence-electron chi connectivity index (χ2n) is 6.85. The van der Waals surface area contributed by atoms with E-state index >= 15 is 0 Å². The molecule has 0 saturated carbocycles. The van der Waals surface area contributed by atoms with Crippen LogP contribution in [-0.4, -0.2) is 25.1 Å². The molecule has 1 atom stereocenters. The highest BCUT2D eigenvalue weighted by molar-refractivity contribution is 5.85. The fourth-order valence-corrected chi connectivity index (χ4v) is 2.29. The number of ether oxygens (including phenoxy) is 1. The molecular formula is C20H27ClN2O2. The Bertz CT molecular complexity index is 669. The fraction of sp³-hybridized carbons (Fsp3) is 0.350. The molecule has 0 saturated heterocycles. The molecule has 0 spiro atoms. The lowest BCUT2D eigenvalue weighted by atomic mass is 9.87. The fourth-order valence-electron chi connectivity index (χ4n) is 2.29. The van der Waals surface area contributed by atoms with Crippen molar-refractivity contribution >= 4 is 18.3 Å². The van der Waals surface area contributed by atoms with Crippen LogP contribution in [0.15, 0.2) is 54.6 Å². The average Bonchev–Trinajstić information content (AvgIpc) is 2.58. The number of rotatable bonds is 6. The van der Waals surface area contributed by atoms with Gasteiger partial charge in [0.25, 0.3) is 0 Å². The van der Waals surface area contributed by atoms with Gasteiger partial charge in [0.15, 0.2) is 0 Å². The minimum atomic E-state index is -0.533. The molecule has 2 aromatic carbocycles. The molecule has 2 rings (SSSR count). The lowest BCUT2D eigenvalue weighted by molar-refractivity contribution is -0.124. The van der Waals surface area contributed by atoms with Gasteiger partial charge in [0.05, 0.1) is 12.6 Å². The van der Waals surface area contributed by atoms with E-state index in [1.165, 1.54) is 0 Å². The topological polar surface area (TPSA) is 64.4 Å². The summed E-state index contributed by atoms with van der Waals surface area (Å²) in [5.41, 5.74) is 7.82. The summed E-state index contributed by atoms with van der Waals surface area (Å²) in [5, 5.41) is 2.83. The van der Waals surface area contributed by atoms with Crippen LogP contribution in [0.3, 0.4) is 0 Å². The molecule has 0 heterocycles. The summed E-state index contributed by atoms with van der Waals surface area (Å²) in [6, 6.07) is 17.4. The van der Waals surface area contributed by atoms with Crippen molar-refractivity contribution in [1.29, 1.82) is 0 Å². The predicted octanol–water partition coefficient (Wildman–Crippen LogP) is 3.64. The molecular weight excluding hydrogens is 336 g/mol. The van der Waals surface area contributed by atoms with Gasteiger partial charge >= 0.3 is 0 Å². The Morgan fingerprint density at radius 1 is 1.08 bits per heavy atom. The first kappa shape index (κ1) is 21.0. The van der Waals surface area contributed by atoms with E-state index in [0.717, 1.165) is 16.9 Å². The second-order valence-corrected chi connectivity index (χ2v) is 6.85. The number of nitrogens with two attached hydrogens (primary N) is 1. The molecule has 25 heavy (non-hydrogen) atoms. The zero-order valence-electron chi connectivity index (χ0n) is 15.0. The van der Waals surface area contributed by atoms with Crippen molar-refractivity contribution in [3.8, 4) is 16.9 Å². The molecule has 0 radical (unpaired) electrons. The maximum absolute atomic E-state index is 12.0. The van der Waals surface area contributed by atoms with Crippen LogP contribution in [0.1, 0.15) is 20.8 Å². The monoisotopic (exact) mass is 362 g/mol. The van der Waals surface area contributed by atoms with Gasteiger partial charge in [0, 0.05) is 5.56 Å². The molecule has 0 fully saturated rings. The first-order valence-electron chi connectivity index (χ1n) is 8.20. The minimum Gasteiger partial charge on any atom is -0.491 e. The molecule has 0 aliphatic carbocycles. The number of carbonyl (C=O) groups is 1. The van der Waals surface area contributed by atoms with Gasteiger partial charge in [-0.3, -0.25) is 4.79 Å². The highest BCUT2D eigenvalue weighted by atomic mass is 35.5. The van der Waals surface area contributed by atoms with E-state index in [1.807, 2.05) is 75.4 Å². The Hall–Kier alpha value is -2.04. The van der Waals surface area contributed by atoms with Gasteiger partial charge in [0.1, 0.15) is 12.4 Å². The van der Waals surface area contributed by atoms with Crippen molar-refractivity contribution in [2.24, 2.45) is 11.1 Å². The number of amides is 1. The maximum Gasteiger partial charge on any atom is 0.237 e. The van der Waals surface area contributed by atoms with Crippen molar-refractivity contribution in [2.45, 2.75) is 26.8 Å². The molecule has 0 aliphatic rings. The number of carbonyl (C=O) groups excluding carboxylic acids is 1. The maximum atomic E-state index is 12.0. The van der Waals surface area contributed by atoms with E-state index in [9.17, 15) is 4.79 Å². The summed E-state index contributed by atoms with van der Waals surface area (Å²) < 4.78 is 5.85. The molecule has 4 nitrogen and oxygen atoms in total. The summed E-state index contributed by atoms with van der Waals surface area (Å²) in [6.45, 7) is 6.66. The van der Waals surface area contributed by atoms with Crippen LogP contribution in [0.5, 0.6) is 5.75 Å². The lowest BCUT2D eigenvalue weighted by Crippen LogP contribution is -2.49. The summed E-state index contributed by atoms with van der Waals surface area (Å²) >= 11 is 0. The second kappa shape index (κ2) is 9.44. The Kier molecular flexibility index (Phi) is 7.94. The van der Waals surface area contributed by atoms with Crippen molar-refractivity contribution in [3.63, 3.8) is 0 Å². The first-order valence-corrected chi connectivity index (χ1v) is 8.20. The number of para-hydroxylation sites is 1. The minimum absolute atomic E-state index is 0. The lowest BCUT2D eigenvalue weighted by Gasteiger charge is -2.25. The normalized spacial score (nSPS) is 12.0. The number of nitrogens with one attached hydrogen (secondary N) is 1. The van der Waals surface area contributed by atoms with E-state index in [1.54, 1.807) is 0 Å². The van der Waals surface area contributed by atoms with Gasteiger partial charge in [-0.1, -0.05) is 69.3 Å². The van der Waals surface area contributed by atoms with Crippen molar-refractivity contribution in [2.75, 3.05) is 13.2 Å². The van der Waals surface area contributed by atoms with Crippen LogP contribution in [0.2, 0.25) is 0 Å². The molecule has 3 N–H and O–H groups in total. The van der Waals surface area contributed by atoms with Crippen molar-refractivity contribution < 1.29 is 9.53 Å². The largest absolute Gasteiger partial charge is 0.491 e. The highest BCUT2D eigenvalue weighted by Gasteiger charge is 2.26. The Morgan fingerprint density at radius 3 is 2.32 bits per heavy atom. The van der Waals surface area contributed by atoms with E-state index in [4.69, 9.17) is 10.5 Å². The van der Waals surface area contributed by atoms with Gasteiger partial charge in [-0.2, -0.15) is 0 Å². The number of hydrogen-bond acceptors (Lipinski definition) is 3. The number of hydrogen-bond donors (Lipinski definition) is 2. The van der Waals surface area contributed by atoms with Crippen LogP contribution in [0.25, 0.3) is 11.1 Å². The molecule has 0 aromatic heterocycles. The van der Waals surface area contributed by atoms with Gasteiger partial charge in [-0.25, -0.2) is 0 Å². The quantitative estimate of drug-likeness (QED) is 0.771. The van der Waals surface area contributed by atoms with Crippen LogP contribution in [0, 0.1) is 5.41 Å². The van der Waals surface area contributed by atoms with Crippen LogP contribution in [-0.2, 0) is 4.79 Å².